The first-order chi connectivity index (χ1) is 8.16. The highest BCUT2D eigenvalue weighted by molar-refractivity contribution is 5.47. The van der Waals surface area contributed by atoms with Crippen LogP contribution in [0.3, 0.4) is 0 Å². The van der Waals surface area contributed by atoms with E-state index in [1.54, 1.807) is 13.2 Å². The molecule has 1 aliphatic carbocycles. The number of hydrogen-bond acceptors (Lipinski definition) is 3. The Morgan fingerprint density at radius 1 is 1.24 bits per heavy atom. The van der Waals surface area contributed by atoms with Crippen molar-refractivity contribution in [3.8, 4) is 11.5 Å². The molecule has 94 valence electrons. The van der Waals surface area contributed by atoms with Gasteiger partial charge in [0.2, 0.25) is 0 Å². The van der Waals surface area contributed by atoms with E-state index in [0.717, 1.165) is 24.8 Å². The Morgan fingerprint density at radius 3 is 2.29 bits per heavy atom. The average molecular weight is 239 g/mol. The predicted molar refractivity (Wildman–Crippen MR) is 64.1 cm³/mol. The van der Waals surface area contributed by atoms with E-state index in [-0.39, 0.29) is 11.2 Å². The molecule has 0 aliphatic heterocycles. The SMILES string of the molecule is COc1cc(C2(CN)CCC2)c(OC)cc1F. The molecule has 1 aliphatic rings. The van der Waals surface area contributed by atoms with Gasteiger partial charge in [-0.2, -0.15) is 0 Å². The number of methoxy groups -OCH3 is 2. The van der Waals surface area contributed by atoms with Crippen molar-refractivity contribution in [1.29, 1.82) is 0 Å². The van der Waals surface area contributed by atoms with Crippen LogP contribution in [0.25, 0.3) is 0 Å². The normalized spacial score (nSPS) is 17.4. The van der Waals surface area contributed by atoms with E-state index in [4.69, 9.17) is 15.2 Å². The summed E-state index contributed by atoms with van der Waals surface area (Å²) in [5.74, 6) is 0.411. The van der Waals surface area contributed by atoms with Crippen molar-refractivity contribution in [2.45, 2.75) is 24.7 Å². The molecule has 1 aromatic rings. The summed E-state index contributed by atoms with van der Waals surface area (Å²) in [4.78, 5) is 0. The van der Waals surface area contributed by atoms with Gasteiger partial charge in [0.1, 0.15) is 5.75 Å². The largest absolute Gasteiger partial charge is 0.496 e. The molecule has 3 nitrogen and oxygen atoms in total. The van der Waals surface area contributed by atoms with E-state index in [1.807, 2.05) is 0 Å². The van der Waals surface area contributed by atoms with E-state index < -0.39 is 5.82 Å². The summed E-state index contributed by atoms with van der Waals surface area (Å²) >= 11 is 0. The van der Waals surface area contributed by atoms with Gasteiger partial charge < -0.3 is 15.2 Å². The lowest BCUT2D eigenvalue weighted by Gasteiger charge is -2.42. The summed E-state index contributed by atoms with van der Waals surface area (Å²) in [5.41, 5.74) is 6.77. The first kappa shape index (κ1) is 12.2. The lowest BCUT2D eigenvalue weighted by atomic mass is 9.64. The standard InChI is InChI=1S/C13H18FNO2/c1-16-11-7-10(14)12(17-2)6-9(11)13(8-15)4-3-5-13/h6-7H,3-5,8,15H2,1-2H3. The van der Waals surface area contributed by atoms with Crippen LogP contribution in [0.2, 0.25) is 0 Å². The number of rotatable bonds is 4. The summed E-state index contributed by atoms with van der Waals surface area (Å²) in [6.07, 6.45) is 3.20. The van der Waals surface area contributed by atoms with Crippen molar-refractivity contribution in [1.82, 2.24) is 0 Å². The van der Waals surface area contributed by atoms with Gasteiger partial charge in [0.05, 0.1) is 14.2 Å². The molecule has 0 spiro atoms. The summed E-state index contributed by atoms with van der Waals surface area (Å²) in [6, 6.07) is 3.10. The van der Waals surface area contributed by atoms with Gasteiger partial charge in [-0.3, -0.25) is 0 Å². The monoisotopic (exact) mass is 239 g/mol. The molecule has 0 atom stereocenters. The van der Waals surface area contributed by atoms with Gasteiger partial charge in [-0.15, -0.1) is 0 Å². The van der Waals surface area contributed by atoms with E-state index in [0.29, 0.717) is 12.3 Å². The molecule has 0 amide bonds. The summed E-state index contributed by atoms with van der Waals surface area (Å²) in [6.45, 7) is 0.554. The average Bonchev–Trinajstić information content (AvgIpc) is 2.29. The number of hydrogen-bond donors (Lipinski definition) is 1. The molecule has 1 aromatic carbocycles. The van der Waals surface area contributed by atoms with Crippen LogP contribution in [0, 0.1) is 5.82 Å². The number of halogens is 1. The fourth-order valence-corrected chi connectivity index (χ4v) is 2.46. The van der Waals surface area contributed by atoms with Crippen LogP contribution in [-0.4, -0.2) is 20.8 Å². The topological polar surface area (TPSA) is 44.5 Å². The maximum Gasteiger partial charge on any atom is 0.168 e. The summed E-state index contributed by atoms with van der Waals surface area (Å²) < 4.78 is 23.9. The fraction of sp³-hybridized carbons (Fsp3) is 0.538. The second kappa shape index (κ2) is 4.53. The van der Waals surface area contributed by atoms with Crippen LogP contribution < -0.4 is 15.2 Å². The van der Waals surface area contributed by atoms with Crippen molar-refractivity contribution >= 4 is 0 Å². The first-order valence-corrected chi connectivity index (χ1v) is 5.79. The van der Waals surface area contributed by atoms with Gasteiger partial charge in [0.15, 0.2) is 11.6 Å². The predicted octanol–water partition coefficient (Wildman–Crippen LogP) is 2.22. The Kier molecular flexibility index (Phi) is 3.24. The van der Waals surface area contributed by atoms with Crippen molar-refractivity contribution in [2.75, 3.05) is 20.8 Å². The second-order valence-corrected chi connectivity index (χ2v) is 4.53. The van der Waals surface area contributed by atoms with Gasteiger partial charge in [-0.05, 0) is 18.9 Å². The molecule has 0 aromatic heterocycles. The highest BCUT2D eigenvalue weighted by atomic mass is 19.1. The first-order valence-electron chi connectivity index (χ1n) is 5.79. The molecule has 2 N–H and O–H groups in total. The summed E-state index contributed by atoms with van der Waals surface area (Å²) in [5, 5.41) is 0. The van der Waals surface area contributed by atoms with Crippen LogP contribution in [0.15, 0.2) is 12.1 Å². The molecule has 2 rings (SSSR count). The molecule has 0 heterocycles. The lowest BCUT2D eigenvalue weighted by molar-refractivity contribution is 0.241. The minimum absolute atomic E-state index is 0.0632. The van der Waals surface area contributed by atoms with Crippen molar-refractivity contribution in [3.05, 3.63) is 23.5 Å². The minimum atomic E-state index is -0.403. The molecule has 17 heavy (non-hydrogen) atoms. The minimum Gasteiger partial charge on any atom is -0.496 e. The molecule has 1 saturated carbocycles. The maximum absolute atomic E-state index is 13.6. The zero-order valence-electron chi connectivity index (χ0n) is 10.3. The number of ether oxygens (including phenoxy) is 2. The third-order valence-corrected chi connectivity index (χ3v) is 3.75. The van der Waals surface area contributed by atoms with Crippen LogP contribution in [0.5, 0.6) is 11.5 Å². The summed E-state index contributed by atoms with van der Waals surface area (Å²) in [7, 11) is 3.01. The van der Waals surface area contributed by atoms with E-state index in [1.165, 1.54) is 13.2 Å². The van der Waals surface area contributed by atoms with Gasteiger partial charge in [-0.25, -0.2) is 4.39 Å². The molecule has 0 saturated heterocycles. The lowest BCUT2D eigenvalue weighted by Crippen LogP contribution is -2.41. The molecule has 0 unspecified atom stereocenters. The Labute approximate surface area is 101 Å². The number of nitrogens with two attached hydrogens (primary N) is 1. The van der Waals surface area contributed by atoms with Crippen LogP contribution in [0.1, 0.15) is 24.8 Å². The van der Waals surface area contributed by atoms with Gasteiger partial charge >= 0.3 is 0 Å². The molecular weight excluding hydrogens is 221 g/mol. The Balaban J connectivity index is 2.50. The smallest absolute Gasteiger partial charge is 0.168 e. The van der Waals surface area contributed by atoms with E-state index in [2.05, 4.69) is 0 Å². The van der Waals surface area contributed by atoms with E-state index >= 15 is 0 Å². The highest BCUT2D eigenvalue weighted by Gasteiger charge is 2.40. The van der Waals surface area contributed by atoms with Gasteiger partial charge in [0.25, 0.3) is 0 Å². The molecule has 1 fully saturated rings. The maximum atomic E-state index is 13.6. The fourth-order valence-electron chi connectivity index (χ4n) is 2.46. The third kappa shape index (κ3) is 1.86. The Hall–Kier alpha value is -1.29. The second-order valence-electron chi connectivity index (χ2n) is 4.53. The third-order valence-electron chi connectivity index (χ3n) is 3.75. The molecular formula is C13H18FNO2. The van der Waals surface area contributed by atoms with Crippen molar-refractivity contribution < 1.29 is 13.9 Å². The zero-order valence-corrected chi connectivity index (χ0v) is 10.3. The van der Waals surface area contributed by atoms with Crippen molar-refractivity contribution in [2.24, 2.45) is 5.73 Å². The molecule has 4 heteroatoms. The van der Waals surface area contributed by atoms with Gasteiger partial charge in [-0.1, -0.05) is 6.42 Å². The van der Waals surface area contributed by atoms with Crippen LogP contribution in [0.4, 0.5) is 4.39 Å². The Bertz CT molecular complexity index is 411. The zero-order chi connectivity index (χ0) is 12.5. The van der Waals surface area contributed by atoms with E-state index in [9.17, 15) is 4.39 Å². The quantitative estimate of drug-likeness (QED) is 0.876. The van der Waals surface area contributed by atoms with Crippen LogP contribution in [-0.2, 0) is 5.41 Å². The number of benzene rings is 1. The Morgan fingerprint density at radius 2 is 1.88 bits per heavy atom. The molecule has 0 radical (unpaired) electrons. The van der Waals surface area contributed by atoms with Gasteiger partial charge in [0, 0.05) is 23.6 Å². The highest BCUT2D eigenvalue weighted by Crippen LogP contribution is 2.47. The van der Waals surface area contributed by atoms with Crippen molar-refractivity contribution in [3.63, 3.8) is 0 Å². The van der Waals surface area contributed by atoms with Crippen LogP contribution >= 0.6 is 0 Å². The molecule has 0 bridgehead atoms.